The van der Waals surface area contributed by atoms with Gasteiger partial charge in [0.2, 0.25) is 0 Å². The Bertz CT molecular complexity index is 983. The molecule has 0 atom stereocenters. The van der Waals surface area contributed by atoms with Gasteiger partial charge in [0, 0.05) is 12.1 Å². The largest absolute Gasteiger partial charge is 0.617 e. The lowest BCUT2D eigenvalue weighted by atomic mass is 10.1. The average molecular weight is 320 g/mol. The zero-order valence-corrected chi connectivity index (χ0v) is 12.9. The first-order valence-corrected chi connectivity index (χ1v) is 8.02. The summed E-state index contributed by atoms with van der Waals surface area (Å²) in [6, 6.07) is 19.9. The van der Waals surface area contributed by atoms with Gasteiger partial charge < -0.3 is 10.4 Å². The summed E-state index contributed by atoms with van der Waals surface area (Å²) in [5, 5.41) is 27.8. The molecular weight excluding hydrogens is 308 g/mol. The molecule has 0 aliphatic heterocycles. The molecule has 0 aliphatic carbocycles. The third kappa shape index (κ3) is 2.13. The Balaban J connectivity index is 2.19. The zero-order chi connectivity index (χ0) is 15.8. The highest BCUT2D eigenvalue weighted by Gasteiger charge is 2.30. The first-order chi connectivity index (χ1) is 11.3. The molecule has 2 heterocycles. The highest BCUT2D eigenvalue weighted by Crippen LogP contribution is 2.31. The second kappa shape index (κ2) is 5.37. The van der Waals surface area contributed by atoms with Crippen LogP contribution in [0.5, 0.6) is 0 Å². The summed E-state index contributed by atoms with van der Waals surface area (Å²) in [7, 11) is 0. The fourth-order valence-corrected chi connectivity index (χ4v) is 3.47. The summed E-state index contributed by atoms with van der Waals surface area (Å²) < 4.78 is 1.71. The number of benzene rings is 2. The van der Waals surface area contributed by atoms with E-state index in [1.54, 1.807) is 24.3 Å². The normalized spacial score (nSPS) is 11.0. The topological polar surface area (TPSA) is 53.9 Å². The Hall–Kier alpha value is -2.92. The third-order valence-electron chi connectivity index (χ3n) is 3.75. The molecule has 4 rings (SSSR count). The molecule has 0 saturated carbocycles. The van der Waals surface area contributed by atoms with Gasteiger partial charge in [-0.05, 0) is 23.6 Å². The van der Waals surface area contributed by atoms with Crippen molar-refractivity contribution in [1.29, 1.82) is 0 Å². The number of aromatic nitrogens is 2. The number of para-hydroxylation sites is 2. The molecule has 0 saturated heterocycles. The number of nitrogens with zero attached hydrogens (tertiary/aromatic N) is 2. The Morgan fingerprint density at radius 1 is 0.652 bits per heavy atom. The van der Waals surface area contributed by atoms with E-state index in [4.69, 9.17) is 0 Å². The van der Waals surface area contributed by atoms with Crippen LogP contribution >= 0.6 is 11.3 Å². The fourth-order valence-electron chi connectivity index (χ4n) is 2.72. The first kappa shape index (κ1) is 13.7. The summed E-state index contributed by atoms with van der Waals surface area (Å²) in [6.07, 6.45) is 0. The number of thiophene rings is 1. The van der Waals surface area contributed by atoms with E-state index in [0.29, 0.717) is 22.4 Å². The van der Waals surface area contributed by atoms with E-state index in [1.807, 2.05) is 47.8 Å². The molecule has 0 fully saturated rings. The standard InChI is InChI=1S/C18H12N2O2S/c21-19-14-9-4-5-10-15(14)20(22)18(16-11-6-12-23-16)17(19)13-7-2-1-3-8-13/h1-12H. The van der Waals surface area contributed by atoms with Gasteiger partial charge in [-0.3, -0.25) is 0 Å². The SMILES string of the molecule is [O-][n+]1c(-c2ccccc2)c(-c2cccs2)[n+]([O-])c2ccccc21. The van der Waals surface area contributed by atoms with Gasteiger partial charge in [0.15, 0.2) is 0 Å². The van der Waals surface area contributed by atoms with Crippen LogP contribution in [0.4, 0.5) is 0 Å². The lowest BCUT2D eigenvalue weighted by Crippen LogP contribution is -2.42. The Labute approximate surface area is 136 Å². The highest BCUT2D eigenvalue weighted by atomic mass is 32.1. The quantitative estimate of drug-likeness (QED) is 0.419. The molecule has 0 bridgehead atoms. The molecule has 0 radical (unpaired) electrons. The molecule has 2 aromatic heterocycles. The third-order valence-corrected chi connectivity index (χ3v) is 4.63. The summed E-state index contributed by atoms with van der Waals surface area (Å²) in [5.41, 5.74) is 2.22. The van der Waals surface area contributed by atoms with Crippen molar-refractivity contribution in [2.24, 2.45) is 0 Å². The number of hydrogen-bond donors (Lipinski definition) is 0. The van der Waals surface area contributed by atoms with E-state index in [9.17, 15) is 10.4 Å². The predicted octanol–water partition coefficient (Wildman–Crippen LogP) is 3.50. The molecule has 0 N–H and O–H groups in total. The molecule has 5 heteroatoms. The smallest absolute Gasteiger partial charge is 0.308 e. The van der Waals surface area contributed by atoms with E-state index >= 15 is 0 Å². The van der Waals surface area contributed by atoms with Crippen molar-refractivity contribution in [3.05, 3.63) is 82.5 Å². The maximum Gasteiger partial charge on any atom is 0.308 e. The molecule has 2 aromatic carbocycles. The van der Waals surface area contributed by atoms with Crippen LogP contribution in [0.1, 0.15) is 0 Å². The fraction of sp³-hybridized carbons (Fsp3) is 0. The van der Waals surface area contributed by atoms with E-state index in [-0.39, 0.29) is 0 Å². The zero-order valence-electron chi connectivity index (χ0n) is 12.0. The van der Waals surface area contributed by atoms with Crippen LogP contribution in [0.3, 0.4) is 0 Å². The minimum atomic E-state index is 0.363. The van der Waals surface area contributed by atoms with Gasteiger partial charge >= 0.3 is 5.69 Å². The summed E-state index contributed by atoms with van der Waals surface area (Å²) in [5.74, 6) is 0. The van der Waals surface area contributed by atoms with Crippen molar-refractivity contribution in [2.45, 2.75) is 0 Å². The Kier molecular flexibility index (Phi) is 3.20. The van der Waals surface area contributed by atoms with E-state index in [1.165, 1.54) is 11.3 Å². The minimum Gasteiger partial charge on any atom is -0.617 e. The van der Waals surface area contributed by atoms with Crippen LogP contribution in [0.15, 0.2) is 72.1 Å². The van der Waals surface area contributed by atoms with Gasteiger partial charge in [-0.15, -0.1) is 11.3 Å². The van der Waals surface area contributed by atoms with Crippen molar-refractivity contribution < 1.29 is 9.46 Å². The van der Waals surface area contributed by atoms with E-state index in [2.05, 4.69) is 0 Å². The maximum atomic E-state index is 13.0. The number of rotatable bonds is 2. The monoisotopic (exact) mass is 320 g/mol. The highest BCUT2D eigenvalue weighted by molar-refractivity contribution is 7.13. The van der Waals surface area contributed by atoms with Crippen LogP contribution in [0.2, 0.25) is 0 Å². The number of fused-ring (bicyclic) bond motifs is 1. The van der Waals surface area contributed by atoms with Crippen LogP contribution in [-0.4, -0.2) is 0 Å². The molecule has 0 aliphatic rings. The van der Waals surface area contributed by atoms with Crippen molar-refractivity contribution in [2.75, 3.05) is 0 Å². The molecule has 23 heavy (non-hydrogen) atoms. The van der Waals surface area contributed by atoms with Gasteiger partial charge in [-0.1, -0.05) is 36.4 Å². The van der Waals surface area contributed by atoms with Crippen molar-refractivity contribution in [3.8, 4) is 21.8 Å². The van der Waals surface area contributed by atoms with Crippen LogP contribution in [-0.2, 0) is 0 Å². The summed E-state index contributed by atoms with van der Waals surface area (Å²) in [6.45, 7) is 0. The van der Waals surface area contributed by atoms with Crippen LogP contribution in [0, 0.1) is 10.4 Å². The second-order valence-electron chi connectivity index (χ2n) is 5.12. The molecule has 0 spiro atoms. The van der Waals surface area contributed by atoms with Crippen LogP contribution in [0.25, 0.3) is 32.9 Å². The summed E-state index contributed by atoms with van der Waals surface area (Å²) in [4.78, 5) is 0.772. The van der Waals surface area contributed by atoms with E-state index in [0.717, 1.165) is 19.9 Å². The Morgan fingerprint density at radius 3 is 1.87 bits per heavy atom. The first-order valence-electron chi connectivity index (χ1n) is 7.14. The molecular formula is C18H12N2O2S. The van der Waals surface area contributed by atoms with E-state index < -0.39 is 0 Å². The van der Waals surface area contributed by atoms with Crippen molar-refractivity contribution >= 4 is 22.4 Å². The molecule has 4 nitrogen and oxygen atoms in total. The van der Waals surface area contributed by atoms with Gasteiger partial charge in [0.1, 0.15) is 4.88 Å². The molecule has 0 unspecified atom stereocenters. The summed E-state index contributed by atoms with van der Waals surface area (Å²) >= 11 is 1.44. The number of hydrogen-bond acceptors (Lipinski definition) is 3. The molecule has 112 valence electrons. The Morgan fingerprint density at radius 2 is 1.26 bits per heavy atom. The van der Waals surface area contributed by atoms with Crippen molar-refractivity contribution in [3.63, 3.8) is 0 Å². The van der Waals surface area contributed by atoms with Crippen LogP contribution < -0.4 is 9.46 Å². The minimum absolute atomic E-state index is 0.363. The maximum absolute atomic E-state index is 13.0. The lowest BCUT2D eigenvalue weighted by molar-refractivity contribution is -0.612. The lowest BCUT2D eigenvalue weighted by Gasteiger charge is -2.12. The molecule has 0 amide bonds. The average Bonchev–Trinajstić information content (AvgIpc) is 3.13. The predicted molar refractivity (Wildman–Crippen MR) is 90.6 cm³/mol. The van der Waals surface area contributed by atoms with Gasteiger partial charge in [0.25, 0.3) is 16.7 Å². The van der Waals surface area contributed by atoms with Gasteiger partial charge in [0.05, 0.1) is 5.56 Å². The van der Waals surface area contributed by atoms with Gasteiger partial charge in [-0.25, -0.2) is 0 Å². The second-order valence-corrected chi connectivity index (χ2v) is 6.07. The van der Waals surface area contributed by atoms with Gasteiger partial charge in [-0.2, -0.15) is 9.46 Å². The van der Waals surface area contributed by atoms with Crippen molar-refractivity contribution in [1.82, 2.24) is 0 Å². The molecule has 4 aromatic rings.